The fourth-order valence-electron chi connectivity index (χ4n) is 3.51. The maximum atomic E-state index is 12.9. The predicted octanol–water partition coefficient (Wildman–Crippen LogP) is 0.373. The molecule has 0 atom stereocenters. The number of anilines is 1. The van der Waals surface area contributed by atoms with Gasteiger partial charge in [-0.05, 0) is 19.1 Å². The molecule has 0 aromatic carbocycles. The minimum atomic E-state index is -0.0548. The van der Waals surface area contributed by atoms with Gasteiger partial charge in [-0.3, -0.25) is 4.79 Å². The van der Waals surface area contributed by atoms with Gasteiger partial charge >= 0.3 is 0 Å². The van der Waals surface area contributed by atoms with E-state index in [0.29, 0.717) is 18.1 Å². The van der Waals surface area contributed by atoms with Crippen LogP contribution in [0.3, 0.4) is 0 Å². The van der Waals surface area contributed by atoms with Gasteiger partial charge in [0.1, 0.15) is 11.4 Å². The topological polar surface area (TPSA) is 93.7 Å². The average Bonchev–Trinajstić information content (AvgIpc) is 3.24. The van der Waals surface area contributed by atoms with E-state index in [1.54, 1.807) is 20.3 Å². The Labute approximate surface area is 155 Å². The number of aryl methyl sites for hydroxylation is 2. The highest BCUT2D eigenvalue weighted by atomic mass is 16.5. The van der Waals surface area contributed by atoms with E-state index in [0.717, 1.165) is 43.3 Å². The number of aromatic nitrogens is 6. The van der Waals surface area contributed by atoms with Crippen molar-refractivity contribution in [2.75, 3.05) is 31.6 Å². The minimum absolute atomic E-state index is 0.0548. The number of hydrogen-bond donors (Lipinski definition) is 0. The zero-order valence-corrected chi connectivity index (χ0v) is 15.2. The standard InChI is InChI=1S/C17H20N8O2/c1-11-19-20-14-4-5-15(21-25(11)14)23-9-12(10-23)22(2)16(26)13-8-18-24-6-3-7-27-17(13)24/h4-5,8,12H,3,6-7,9-10H2,1-2H3. The van der Waals surface area contributed by atoms with E-state index in [2.05, 4.69) is 25.3 Å². The lowest BCUT2D eigenvalue weighted by atomic mass is 10.1. The molecule has 27 heavy (non-hydrogen) atoms. The van der Waals surface area contributed by atoms with E-state index in [-0.39, 0.29) is 11.9 Å². The smallest absolute Gasteiger partial charge is 0.261 e. The summed E-state index contributed by atoms with van der Waals surface area (Å²) < 4.78 is 9.14. The molecule has 2 aliphatic heterocycles. The second-order valence-corrected chi connectivity index (χ2v) is 6.97. The van der Waals surface area contributed by atoms with Crippen LogP contribution in [0.2, 0.25) is 0 Å². The largest absolute Gasteiger partial charge is 0.477 e. The van der Waals surface area contributed by atoms with Crippen LogP contribution >= 0.6 is 0 Å². The molecule has 140 valence electrons. The highest BCUT2D eigenvalue weighted by molar-refractivity contribution is 5.96. The van der Waals surface area contributed by atoms with E-state index >= 15 is 0 Å². The maximum absolute atomic E-state index is 12.9. The third kappa shape index (κ3) is 2.51. The molecule has 10 nitrogen and oxygen atoms in total. The third-order valence-electron chi connectivity index (χ3n) is 5.23. The summed E-state index contributed by atoms with van der Waals surface area (Å²) in [6, 6.07) is 3.96. The Morgan fingerprint density at radius 2 is 2.15 bits per heavy atom. The highest BCUT2D eigenvalue weighted by Gasteiger charge is 2.35. The third-order valence-corrected chi connectivity index (χ3v) is 5.23. The molecule has 0 bridgehead atoms. The van der Waals surface area contributed by atoms with Gasteiger partial charge in [-0.25, -0.2) is 4.68 Å². The van der Waals surface area contributed by atoms with Crippen LogP contribution in [0.15, 0.2) is 18.3 Å². The van der Waals surface area contributed by atoms with Gasteiger partial charge in [0.15, 0.2) is 11.5 Å². The molecule has 0 radical (unpaired) electrons. The van der Waals surface area contributed by atoms with Crippen LogP contribution in [0.4, 0.5) is 5.82 Å². The minimum Gasteiger partial charge on any atom is -0.477 e. The lowest BCUT2D eigenvalue weighted by molar-refractivity contribution is 0.0698. The van der Waals surface area contributed by atoms with Gasteiger partial charge in [0, 0.05) is 33.1 Å². The number of carbonyl (C=O) groups excluding carboxylic acids is 1. The normalized spacial score (nSPS) is 16.7. The molecule has 5 heterocycles. The van der Waals surface area contributed by atoms with Crippen molar-refractivity contribution < 1.29 is 9.53 Å². The summed E-state index contributed by atoms with van der Waals surface area (Å²) in [7, 11) is 1.83. The first-order valence-electron chi connectivity index (χ1n) is 9.01. The van der Waals surface area contributed by atoms with Crippen molar-refractivity contribution in [3.63, 3.8) is 0 Å². The number of amides is 1. The molecule has 2 aliphatic rings. The van der Waals surface area contributed by atoms with Crippen LogP contribution in [-0.2, 0) is 6.54 Å². The number of fused-ring (bicyclic) bond motifs is 2. The fraction of sp³-hybridized carbons (Fsp3) is 0.471. The molecule has 3 aromatic heterocycles. The summed E-state index contributed by atoms with van der Waals surface area (Å²) in [6.45, 7) is 4.75. The van der Waals surface area contributed by atoms with Gasteiger partial charge in [0.25, 0.3) is 5.91 Å². The van der Waals surface area contributed by atoms with Gasteiger partial charge in [0.2, 0.25) is 5.88 Å². The second kappa shape index (κ2) is 5.93. The van der Waals surface area contributed by atoms with Gasteiger partial charge in [-0.1, -0.05) is 0 Å². The summed E-state index contributed by atoms with van der Waals surface area (Å²) >= 11 is 0. The molecular weight excluding hydrogens is 348 g/mol. The number of hydrogen-bond acceptors (Lipinski definition) is 7. The van der Waals surface area contributed by atoms with Crippen molar-refractivity contribution in [1.82, 2.24) is 34.5 Å². The molecule has 0 N–H and O–H groups in total. The summed E-state index contributed by atoms with van der Waals surface area (Å²) in [6.07, 6.45) is 2.53. The lowest BCUT2D eigenvalue weighted by Gasteiger charge is -2.44. The Hall–Kier alpha value is -3.17. The number of carbonyl (C=O) groups is 1. The summed E-state index contributed by atoms with van der Waals surface area (Å²) in [5, 5.41) is 16.9. The first kappa shape index (κ1) is 16.0. The van der Waals surface area contributed by atoms with Gasteiger partial charge < -0.3 is 14.5 Å². The number of likely N-dealkylation sites (N-methyl/N-ethyl adjacent to an activating group) is 1. The van der Waals surface area contributed by atoms with Crippen LogP contribution in [0.25, 0.3) is 5.65 Å². The van der Waals surface area contributed by atoms with Crippen LogP contribution in [0.1, 0.15) is 22.6 Å². The number of rotatable bonds is 3. The van der Waals surface area contributed by atoms with E-state index in [1.165, 1.54) is 0 Å². The van der Waals surface area contributed by atoms with Gasteiger partial charge in [-0.2, -0.15) is 9.61 Å². The predicted molar refractivity (Wildman–Crippen MR) is 96.0 cm³/mol. The number of nitrogens with zero attached hydrogens (tertiary/aromatic N) is 8. The zero-order chi connectivity index (χ0) is 18.5. The van der Waals surface area contributed by atoms with E-state index < -0.39 is 0 Å². The van der Waals surface area contributed by atoms with Crippen LogP contribution < -0.4 is 9.64 Å². The molecule has 0 saturated carbocycles. The molecule has 0 aliphatic carbocycles. The Morgan fingerprint density at radius 1 is 1.30 bits per heavy atom. The molecule has 1 fully saturated rings. The van der Waals surface area contributed by atoms with Crippen LogP contribution in [-0.4, -0.2) is 73.2 Å². The van der Waals surface area contributed by atoms with Crippen molar-refractivity contribution in [2.24, 2.45) is 0 Å². The molecule has 1 amide bonds. The van der Waals surface area contributed by atoms with Crippen molar-refractivity contribution >= 4 is 17.4 Å². The average molecular weight is 368 g/mol. The van der Waals surface area contributed by atoms with Gasteiger partial charge in [-0.15, -0.1) is 15.3 Å². The quantitative estimate of drug-likeness (QED) is 0.659. The number of ether oxygens (including phenoxy) is 1. The van der Waals surface area contributed by atoms with E-state index in [1.807, 2.05) is 26.1 Å². The monoisotopic (exact) mass is 368 g/mol. The lowest BCUT2D eigenvalue weighted by Crippen LogP contribution is -2.60. The van der Waals surface area contributed by atoms with E-state index in [9.17, 15) is 4.79 Å². The highest BCUT2D eigenvalue weighted by Crippen LogP contribution is 2.27. The van der Waals surface area contributed by atoms with Crippen molar-refractivity contribution in [3.05, 3.63) is 29.7 Å². The SMILES string of the molecule is Cc1nnc2ccc(N3CC(N(C)C(=O)c4cnn5c4OCCC5)C3)nn12. The summed E-state index contributed by atoms with van der Waals surface area (Å²) in [5.74, 6) is 2.14. The zero-order valence-electron chi connectivity index (χ0n) is 15.2. The Bertz CT molecular complexity index is 1020. The summed E-state index contributed by atoms with van der Waals surface area (Å²) in [4.78, 5) is 16.8. The second-order valence-electron chi connectivity index (χ2n) is 6.97. The van der Waals surface area contributed by atoms with Crippen molar-refractivity contribution in [3.8, 4) is 5.88 Å². The van der Waals surface area contributed by atoms with Crippen LogP contribution in [0, 0.1) is 6.92 Å². The Balaban J connectivity index is 1.29. The van der Waals surface area contributed by atoms with E-state index in [4.69, 9.17) is 4.74 Å². The first-order valence-corrected chi connectivity index (χ1v) is 9.01. The van der Waals surface area contributed by atoms with Gasteiger partial charge in [0.05, 0.1) is 18.8 Å². The molecular formula is C17H20N8O2. The van der Waals surface area contributed by atoms with Crippen molar-refractivity contribution in [2.45, 2.75) is 25.9 Å². The maximum Gasteiger partial charge on any atom is 0.261 e. The first-order chi connectivity index (χ1) is 13.1. The Morgan fingerprint density at radius 3 is 3.00 bits per heavy atom. The molecule has 5 rings (SSSR count). The fourth-order valence-corrected chi connectivity index (χ4v) is 3.51. The molecule has 3 aromatic rings. The molecule has 0 spiro atoms. The molecule has 0 unspecified atom stereocenters. The Kier molecular flexibility index (Phi) is 3.52. The molecule has 1 saturated heterocycles. The van der Waals surface area contributed by atoms with Crippen LogP contribution in [0.5, 0.6) is 5.88 Å². The van der Waals surface area contributed by atoms with Crippen molar-refractivity contribution in [1.29, 1.82) is 0 Å². The molecule has 10 heteroatoms. The summed E-state index contributed by atoms with van der Waals surface area (Å²) in [5.41, 5.74) is 1.27.